The van der Waals surface area contributed by atoms with Gasteiger partial charge in [0, 0.05) is 18.9 Å². The zero-order valence-corrected chi connectivity index (χ0v) is 16.2. The van der Waals surface area contributed by atoms with E-state index < -0.39 is 9.84 Å². The molecule has 0 aromatic rings. The number of sulfone groups is 1. The van der Waals surface area contributed by atoms with Crippen LogP contribution in [-0.4, -0.2) is 51.3 Å². The molecular weight excluding hydrogens is 340 g/mol. The molecule has 1 saturated carbocycles. The highest BCUT2D eigenvalue weighted by molar-refractivity contribution is 7.91. The lowest BCUT2D eigenvalue weighted by Gasteiger charge is -2.39. The molecule has 1 aliphatic carbocycles. The molecule has 0 spiro atoms. The maximum atomic E-state index is 12.5. The number of amides is 1. The first-order valence-electron chi connectivity index (χ1n) is 9.67. The van der Waals surface area contributed by atoms with E-state index in [9.17, 15) is 13.2 Å². The van der Waals surface area contributed by atoms with Crippen LogP contribution in [0.4, 0.5) is 0 Å². The van der Waals surface area contributed by atoms with Gasteiger partial charge in [-0.3, -0.25) is 10.1 Å². The van der Waals surface area contributed by atoms with Crippen molar-refractivity contribution in [2.75, 3.05) is 19.5 Å². The average Bonchev–Trinajstić information content (AvgIpc) is 3.01. The zero-order chi connectivity index (χ0) is 18.0. The minimum Gasteiger partial charge on any atom is -0.380 e. The van der Waals surface area contributed by atoms with Gasteiger partial charge in [0.15, 0.2) is 0 Å². The van der Waals surface area contributed by atoms with Crippen molar-refractivity contribution in [1.29, 1.82) is 0 Å². The number of hydrogen-bond acceptors (Lipinski definition) is 5. The Labute approximate surface area is 151 Å². The van der Waals surface area contributed by atoms with E-state index >= 15 is 0 Å². The third kappa shape index (κ3) is 4.74. The number of carbonyl (C=O) groups excluding carboxylic acids is 1. The second-order valence-corrected chi connectivity index (χ2v) is 10.6. The molecule has 0 aromatic heterocycles. The summed E-state index contributed by atoms with van der Waals surface area (Å²) in [5.74, 6) is 0.869. The summed E-state index contributed by atoms with van der Waals surface area (Å²) in [5, 5.41) is 6.63. The van der Waals surface area contributed by atoms with Crippen LogP contribution in [0.15, 0.2) is 0 Å². The van der Waals surface area contributed by atoms with E-state index in [1.165, 1.54) is 6.26 Å². The van der Waals surface area contributed by atoms with E-state index in [1.54, 1.807) is 0 Å². The number of carbonyl (C=O) groups is 1. The SMILES string of the molecule is CC1COCC1C(=O)NC1CCCC(C2CCC(S(C)(=O)=O)CC2)N1. The third-order valence-corrected chi connectivity index (χ3v) is 8.02. The van der Waals surface area contributed by atoms with Gasteiger partial charge in [-0.15, -0.1) is 0 Å². The Balaban J connectivity index is 1.49. The normalized spacial score (nSPS) is 39.9. The van der Waals surface area contributed by atoms with Crippen LogP contribution in [0.25, 0.3) is 0 Å². The highest BCUT2D eigenvalue weighted by Crippen LogP contribution is 2.33. The summed E-state index contributed by atoms with van der Waals surface area (Å²) >= 11 is 0. The summed E-state index contributed by atoms with van der Waals surface area (Å²) in [6.07, 6.45) is 8.04. The standard InChI is InChI=1S/C18H32N2O4S/c1-12-10-24-11-15(12)18(21)20-17-5-3-4-16(19-17)13-6-8-14(9-7-13)25(2,22)23/h12-17,19H,3-11H2,1-2H3,(H,20,21). The Hall–Kier alpha value is -0.660. The molecule has 0 aromatic carbocycles. The monoisotopic (exact) mass is 372 g/mol. The van der Waals surface area contributed by atoms with Gasteiger partial charge in [-0.1, -0.05) is 6.92 Å². The minimum atomic E-state index is -2.91. The Kier molecular flexibility index (Phi) is 6.06. The van der Waals surface area contributed by atoms with E-state index in [0.717, 1.165) is 44.9 Å². The number of ether oxygens (including phenoxy) is 1. The van der Waals surface area contributed by atoms with Crippen LogP contribution in [0.1, 0.15) is 51.9 Å². The van der Waals surface area contributed by atoms with Gasteiger partial charge < -0.3 is 10.1 Å². The Morgan fingerprint density at radius 2 is 1.80 bits per heavy atom. The molecule has 2 aliphatic heterocycles. The summed E-state index contributed by atoms with van der Waals surface area (Å²) < 4.78 is 28.8. The fourth-order valence-electron chi connectivity index (χ4n) is 4.65. The van der Waals surface area contributed by atoms with E-state index in [2.05, 4.69) is 17.6 Å². The van der Waals surface area contributed by atoms with Gasteiger partial charge in [0.2, 0.25) is 5.91 Å². The molecule has 3 aliphatic rings. The quantitative estimate of drug-likeness (QED) is 0.780. The summed E-state index contributed by atoms with van der Waals surface area (Å²) in [7, 11) is -2.91. The van der Waals surface area contributed by atoms with Crippen molar-refractivity contribution >= 4 is 15.7 Å². The van der Waals surface area contributed by atoms with Crippen molar-refractivity contribution in [3.8, 4) is 0 Å². The molecule has 6 nitrogen and oxygen atoms in total. The average molecular weight is 373 g/mol. The van der Waals surface area contributed by atoms with Gasteiger partial charge in [0.25, 0.3) is 0 Å². The molecule has 25 heavy (non-hydrogen) atoms. The second kappa shape index (κ2) is 7.92. The van der Waals surface area contributed by atoms with Crippen molar-refractivity contribution < 1.29 is 17.9 Å². The molecule has 144 valence electrons. The molecule has 1 amide bonds. The number of piperidine rings is 1. The highest BCUT2D eigenvalue weighted by Gasteiger charge is 2.36. The Bertz CT molecular complexity index is 572. The second-order valence-electron chi connectivity index (χ2n) is 8.25. The first-order chi connectivity index (χ1) is 11.8. The van der Waals surface area contributed by atoms with E-state index in [-0.39, 0.29) is 29.2 Å². The van der Waals surface area contributed by atoms with Gasteiger partial charge in [-0.2, -0.15) is 0 Å². The summed E-state index contributed by atoms with van der Waals surface area (Å²) in [5.41, 5.74) is 0. The molecule has 4 atom stereocenters. The largest absolute Gasteiger partial charge is 0.380 e. The lowest BCUT2D eigenvalue weighted by Crippen LogP contribution is -2.56. The zero-order valence-electron chi connectivity index (χ0n) is 15.4. The molecule has 2 N–H and O–H groups in total. The van der Waals surface area contributed by atoms with Crippen LogP contribution >= 0.6 is 0 Å². The first-order valence-corrected chi connectivity index (χ1v) is 11.6. The molecular formula is C18H32N2O4S. The molecule has 3 rings (SSSR count). The van der Waals surface area contributed by atoms with Gasteiger partial charge >= 0.3 is 0 Å². The van der Waals surface area contributed by atoms with Crippen LogP contribution in [0.3, 0.4) is 0 Å². The van der Waals surface area contributed by atoms with Gasteiger partial charge in [-0.25, -0.2) is 8.42 Å². The van der Waals surface area contributed by atoms with E-state index in [1.807, 2.05) is 0 Å². The predicted molar refractivity (Wildman–Crippen MR) is 96.8 cm³/mol. The van der Waals surface area contributed by atoms with Crippen molar-refractivity contribution in [2.24, 2.45) is 17.8 Å². The topological polar surface area (TPSA) is 84.5 Å². The van der Waals surface area contributed by atoms with Crippen LogP contribution in [0, 0.1) is 17.8 Å². The lowest BCUT2D eigenvalue weighted by molar-refractivity contribution is -0.127. The molecule has 4 unspecified atom stereocenters. The maximum absolute atomic E-state index is 12.5. The van der Waals surface area contributed by atoms with Gasteiger partial charge in [-0.05, 0) is 56.8 Å². The molecule has 0 bridgehead atoms. The summed E-state index contributed by atoms with van der Waals surface area (Å²) in [6, 6.07) is 0.386. The lowest BCUT2D eigenvalue weighted by atomic mass is 9.80. The van der Waals surface area contributed by atoms with Crippen molar-refractivity contribution in [3.05, 3.63) is 0 Å². The maximum Gasteiger partial charge on any atom is 0.227 e. The van der Waals surface area contributed by atoms with Crippen LogP contribution < -0.4 is 10.6 Å². The van der Waals surface area contributed by atoms with Gasteiger partial charge in [0.05, 0.1) is 23.9 Å². The van der Waals surface area contributed by atoms with Crippen molar-refractivity contribution in [2.45, 2.75) is 69.3 Å². The van der Waals surface area contributed by atoms with Crippen LogP contribution in [0.2, 0.25) is 0 Å². The van der Waals surface area contributed by atoms with E-state index in [4.69, 9.17) is 4.74 Å². The summed E-state index contributed by atoms with van der Waals surface area (Å²) in [4.78, 5) is 12.5. The molecule has 2 heterocycles. The number of nitrogens with one attached hydrogen (secondary N) is 2. The summed E-state index contributed by atoms with van der Waals surface area (Å²) in [6.45, 7) is 3.26. The Morgan fingerprint density at radius 3 is 2.40 bits per heavy atom. The Morgan fingerprint density at radius 1 is 1.08 bits per heavy atom. The minimum absolute atomic E-state index is 0.0340. The smallest absolute Gasteiger partial charge is 0.227 e. The molecule has 2 saturated heterocycles. The molecule has 0 radical (unpaired) electrons. The first kappa shape index (κ1) is 19.1. The van der Waals surface area contributed by atoms with Crippen molar-refractivity contribution in [3.63, 3.8) is 0 Å². The predicted octanol–water partition coefficient (Wildman–Crippen LogP) is 1.46. The fraction of sp³-hybridized carbons (Fsp3) is 0.944. The van der Waals surface area contributed by atoms with Crippen LogP contribution in [-0.2, 0) is 19.4 Å². The fourth-order valence-corrected chi connectivity index (χ4v) is 5.77. The third-order valence-electron chi connectivity index (χ3n) is 6.33. The molecule has 3 fully saturated rings. The number of hydrogen-bond donors (Lipinski definition) is 2. The van der Waals surface area contributed by atoms with Crippen LogP contribution in [0.5, 0.6) is 0 Å². The highest BCUT2D eigenvalue weighted by atomic mass is 32.2. The van der Waals surface area contributed by atoms with E-state index in [0.29, 0.717) is 25.2 Å². The molecule has 7 heteroatoms. The van der Waals surface area contributed by atoms with Crippen molar-refractivity contribution in [1.82, 2.24) is 10.6 Å². The van der Waals surface area contributed by atoms with Gasteiger partial charge in [0.1, 0.15) is 9.84 Å². The number of rotatable bonds is 4.